The Balaban J connectivity index is 1.80. The van der Waals surface area contributed by atoms with Gasteiger partial charge in [-0.3, -0.25) is 4.90 Å². The van der Waals surface area contributed by atoms with Crippen molar-refractivity contribution in [1.29, 1.82) is 0 Å². The van der Waals surface area contributed by atoms with Gasteiger partial charge >= 0.3 is 0 Å². The number of hydrogen-bond donors (Lipinski definition) is 1. The Bertz CT molecular complexity index is 459. The molecule has 21 heavy (non-hydrogen) atoms. The smallest absolute Gasteiger partial charge is 0.122 e. The van der Waals surface area contributed by atoms with Gasteiger partial charge in [0.1, 0.15) is 18.5 Å². The number of nitrogens with zero attached hydrogens (tertiary/aromatic N) is 1. The van der Waals surface area contributed by atoms with E-state index < -0.39 is 6.10 Å². The highest BCUT2D eigenvalue weighted by Crippen LogP contribution is 2.22. The van der Waals surface area contributed by atoms with Gasteiger partial charge in [-0.25, -0.2) is 0 Å². The summed E-state index contributed by atoms with van der Waals surface area (Å²) in [5, 5.41) is 10.8. The highest BCUT2D eigenvalue weighted by Gasteiger charge is 2.23. The topological polar surface area (TPSA) is 41.9 Å². The van der Waals surface area contributed by atoms with Gasteiger partial charge in [0.2, 0.25) is 0 Å². The van der Waals surface area contributed by atoms with Gasteiger partial charge in [-0.1, -0.05) is 11.6 Å². The molecule has 3 atom stereocenters. The molecule has 0 spiro atoms. The van der Waals surface area contributed by atoms with Crippen LogP contribution in [0.4, 0.5) is 0 Å². The SMILES string of the molecule is Cc1cc(Cl)ccc1OC[C@H](O)CN1C[C@@H](C)O[C@H](C)C1. The molecule has 0 amide bonds. The Labute approximate surface area is 131 Å². The average molecular weight is 314 g/mol. The summed E-state index contributed by atoms with van der Waals surface area (Å²) in [4.78, 5) is 2.22. The van der Waals surface area contributed by atoms with E-state index in [4.69, 9.17) is 21.1 Å². The second kappa shape index (κ2) is 7.45. The van der Waals surface area contributed by atoms with Crippen LogP contribution >= 0.6 is 11.6 Å². The van der Waals surface area contributed by atoms with Crippen LogP contribution in [0.15, 0.2) is 18.2 Å². The number of aliphatic hydroxyl groups excluding tert-OH is 1. The summed E-state index contributed by atoms with van der Waals surface area (Å²) in [6, 6.07) is 5.49. The number of morpholine rings is 1. The summed E-state index contributed by atoms with van der Waals surface area (Å²) in [6.45, 7) is 8.64. The lowest BCUT2D eigenvalue weighted by molar-refractivity contribution is -0.0786. The average Bonchev–Trinajstić information content (AvgIpc) is 2.36. The maximum Gasteiger partial charge on any atom is 0.122 e. The van der Waals surface area contributed by atoms with Crippen LogP contribution in [0.1, 0.15) is 19.4 Å². The highest BCUT2D eigenvalue weighted by atomic mass is 35.5. The summed E-state index contributed by atoms with van der Waals surface area (Å²) in [5.41, 5.74) is 0.975. The molecular formula is C16H24ClNO3. The molecule has 0 saturated carbocycles. The zero-order chi connectivity index (χ0) is 15.4. The number of aryl methyl sites for hydroxylation is 1. The zero-order valence-electron chi connectivity index (χ0n) is 12.9. The summed E-state index contributed by atoms with van der Waals surface area (Å²) in [5.74, 6) is 0.766. The first kappa shape index (κ1) is 16.6. The zero-order valence-corrected chi connectivity index (χ0v) is 13.6. The Morgan fingerprint density at radius 1 is 1.38 bits per heavy atom. The predicted molar refractivity (Wildman–Crippen MR) is 84.1 cm³/mol. The Morgan fingerprint density at radius 3 is 2.67 bits per heavy atom. The third-order valence-corrected chi connectivity index (χ3v) is 3.77. The molecule has 0 radical (unpaired) electrons. The minimum atomic E-state index is -0.516. The number of rotatable bonds is 5. The van der Waals surface area contributed by atoms with E-state index in [9.17, 15) is 5.11 Å². The summed E-state index contributed by atoms with van der Waals surface area (Å²) in [6.07, 6.45) is -0.0988. The lowest BCUT2D eigenvalue weighted by Gasteiger charge is -2.36. The van der Waals surface area contributed by atoms with Crippen molar-refractivity contribution in [3.8, 4) is 5.75 Å². The highest BCUT2D eigenvalue weighted by molar-refractivity contribution is 6.30. The fraction of sp³-hybridized carbons (Fsp3) is 0.625. The van der Waals surface area contributed by atoms with Crippen LogP contribution in [0.3, 0.4) is 0 Å². The Hall–Kier alpha value is -0.810. The molecule has 1 heterocycles. The number of ether oxygens (including phenoxy) is 2. The van der Waals surface area contributed by atoms with Gasteiger partial charge in [0.05, 0.1) is 12.2 Å². The van der Waals surface area contributed by atoms with E-state index in [1.807, 2.05) is 19.1 Å². The number of halogens is 1. The third-order valence-electron chi connectivity index (χ3n) is 3.53. The molecule has 1 saturated heterocycles. The van der Waals surface area contributed by atoms with Gasteiger partial charge in [0.25, 0.3) is 0 Å². The van der Waals surface area contributed by atoms with Crippen molar-refractivity contribution in [3.05, 3.63) is 28.8 Å². The van der Waals surface area contributed by atoms with Gasteiger partial charge in [0.15, 0.2) is 0 Å². The number of hydrogen-bond acceptors (Lipinski definition) is 4. The number of β-amino-alcohol motifs (C(OH)–C–C–N with tert-alkyl or cyclic N) is 1. The van der Waals surface area contributed by atoms with Crippen LogP contribution in [0, 0.1) is 6.92 Å². The van der Waals surface area contributed by atoms with Gasteiger partial charge in [-0.05, 0) is 44.5 Å². The molecule has 118 valence electrons. The molecule has 1 aromatic rings. The summed E-state index contributed by atoms with van der Waals surface area (Å²) in [7, 11) is 0. The quantitative estimate of drug-likeness (QED) is 0.907. The van der Waals surface area contributed by atoms with Crippen molar-refractivity contribution in [3.63, 3.8) is 0 Å². The summed E-state index contributed by atoms with van der Waals surface area (Å²) >= 11 is 5.91. The van der Waals surface area contributed by atoms with Crippen LogP contribution in [0.25, 0.3) is 0 Å². The molecular weight excluding hydrogens is 290 g/mol. The minimum absolute atomic E-state index is 0.209. The van der Waals surface area contributed by atoms with Crippen LogP contribution < -0.4 is 4.74 Å². The lowest BCUT2D eigenvalue weighted by Crippen LogP contribution is -2.48. The van der Waals surface area contributed by atoms with Crippen LogP contribution in [0.5, 0.6) is 5.75 Å². The molecule has 0 unspecified atom stereocenters. The maximum absolute atomic E-state index is 10.1. The second-order valence-corrected chi connectivity index (χ2v) is 6.29. The van der Waals surface area contributed by atoms with Crippen molar-refractivity contribution in [2.24, 2.45) is 0 Å². The molecule has 1 fully saturated rings. The van der Waals surface area contributed by atoms with E-state index >= 15 is 0 Å². The van der Waals surface area contributed by atoms with E-state index in [1.54, 1.807) is 6.07 Å². The Kier molecular flexibility index (Phi) is 5.88. The molecule has 1 aromatic carbocycles. The van der Waals surface area contributed by atoms with Crippen LogP contribution in [-0.4, -0.2) is 54.6 Å². The molecule has 2 rings (SSSR count). The molecule has 1 aliphatic heterocycles. The maximum atomic E-state index is 10.1. The molecule has 1 aliphatic rings. The van der Waals surface area contributed by atoms with Gasteiger partial charge in [0, 0.05) is 24.7 Å². The van der Waals surface area contributed by atoms with E-state index in [2.05, 4.69) is 18.7 Å². The lowest BCUT2D eigenvalue weighted by atomic mass is 10.2. The van der Waals surface area contributed by atoms with Crippen molar-refractivity contribution < 1.29 is 14.6 Å². The summed E-state index contributed by atoms with van der Waals surface area (Å²) < 4.78 is 11.4. The van der Waals surface area contributed by atoms with Crippen molar-refractivity contribution in [1.82, 2.24) is 4.90 Å². The first-order valence-corrected chi connectivity index (χ1v) is 7.76. The van der Waals surface area contributed by atoms with Gasteiger partial charge < -0.3 is 14.6 Å². The van der Waals surface area contributed by atoms with Crippen molar-refractivity contribution >= 4 is 11.6 Å². The molecule has 5 heteroatoms. The number of aliphatic hydroxyl groups is 1. The number of benzene rings is 1. The van der Waals surface area contributed by atoms with Gasteiger partial charge in [-0.15, -0.1) is 0 Å². The first-order chi connectivity index (χ1) is 9.94. The van der Waals surface area contributed by atoms with Crippen molar-refractivity contribution in [2.45, 2.75) is 39.1 Å². The van der Waals surface area contributed by atoms with E-state index in [1.165, 1.54) is 0 Å². The van der Waals surface area contributed by atoms with Crippen molar-refractivity contribution in [2.75, 3.05) is 26.2 Å². The van der Waals surface area contributed by atoms with E-state index in [0.717, 1.165) is 24.4 Å². The van der Waals surface area contributed by atoms with Gasteiger partial charge in [-0.2, -0.15) is 0 Å². The monoisotopic (exact) mass is 313 g/mol. The van der Waals surface area contributed by atoms with E-state index in [-0.39, 0.29) is 18.8 Å². The molecule has 0 bridgehead atoms. The second-order valence-electron chi connectivity index (χ2n) is 5.85. The van der Waals surface area contributed by atoms with Crippen LogP contribution in [0.2, 0.25) is 5.02 Å². The van der Waals surface area contributed by atoms with Crippen LogP contribution in [-0.2, 0) is 4.74 Å². The third kappa shape index (κ3) is 5.15. The fourth-order valence-corrected chi connectivity index (χ4v) is 2.97. The standard InChI is InChI=1S/C16H24ClNO3/c1-11-6-14(17)4-5-16(11)20-10-15(19)9-18-7-12(2)21-13(3)8-18/h4-6,12-13,15,19H,7-10H2,1-3H3/t12-,13-,15-/m1/s1. The molecule has 4 nitrogen and oxygen atoms in total. The predicted octanol–water partition coefficient (Wildman–Crippen LogP) is 2.50. The largest absolute Gasteiger partial charge is 0.491 e. The molecule has 1 N–H and O–H groups in total. The molecule has 0 aromatic heterocycles. The van der Waals surface area contributed by atoms with E-state index in [0.29, 0.717) is 11.6 Å². The normalized spacial score (nSPS) is 24.8. The Morgan fingerprint density at radius 2 is 2.05 bits per heavy atom. The molecule has 0 aliphatic carbocycles. The minimum Gasteiger partial charge on any atom is -0.491 e. The first-order valence-electron chi connectivity index (χ1n) is 7.39. The fourth-order valence-electron chi connectivity index (χ4n) is 2.74.